The van der Waals surface area contributed by atoms with Crippen molar-refractivity contribution in [1.82, 2.24) is 5.32 Å². The van der Waals surface area contributed by atoms with Crippen molar-refractivity contribution >= 4 is 12.7 Å². The average Bonchev–Trinajstić information content (AvgIpc) is 3.12. The van der Waals surface area contributed by atoms with Crippen LogP contribution in [0.15, 0.2) is 152 Å². The van der Waals surface area contributed by atoms with Crippen LogP contribution in [0.5, 0.6) is 0 Å². The third-order valence-electron chi connectivity index (χ3n) is 8.10. The van der Waals surface area contributed by atoms with Crippen molar-refractivity contribution in [2.24, 2.45) is 0 Å². The Morgan fingerprint density at radius 3 is 1.50 bits per heavy atom. The van der Waals surface area contributed by atoms with Gasteiger partial charge in [-0.05, 0) is 34.4 Å². The topological polar surface area (TPSA) is 66.0 Å². The Morgan fingerprint density at radius 1 is 0.543 bits per heavy atom. The monoisotopic (exact) mass is 633 g/mol. The molecule has 236 valence electrons. The molecule has 0 unspecified atom stereocenters. The van der Waals surface area contributed by atoms with Crippen molar-refractivity contribution in [1.29, 1.82) is 0 Å². The molecule has 0 aromatic heterocycles. The predicted octanol–water partition coefficient (Wildman–Crippen LogP) is 7.49. The molecule has 46 heavy (non-hydrogen) atoms. The lowest BCUT2D eigenvalue weighted by Crippen LogP contribution is -2.59. The second kappa shape index (κ2) is 16.1. The van der Waals surface area contributed by atoms with Gasteiger partial charge >= 0.3 is 0 Å². The Kier molecular flexibility index (Phi) is 11.2. The van der Waals surface area contributed by atoms with E-state index >= 15 is 4.57 Å². The van der Waals surface area contributed by atoms with E-state index in [4.69, 9.17) is 18.7 Å². The molecule has 1 saturated heterocycles. The summed E-state index contributed by atoms with van der Waals surface area (Å²) in [4.78, 5) is 0. The molecule has 1 aliphatic rings. The first-order chi connectivity index (χ1) is 22.7. The normalized spacial score (nSPS) is 22.8. The van der Waals surface area contributed by atoms with Gasteiger partial charge in [-0.1, -0.05) is 140 Å². The minimum atomic E-state index is -3.59. The Morgan fingerprint density at radius 2 is 0.978 bits per heavy atom. The highest BCUT2D eigenvalue weighted by molar-refractivity contribution is 7.67. The van der Waals surface area contributed by atoms with Crippen LogP contribution < -0.4 is 10.6 Å². The maximum Gasteiger partial charge on any atom is 0.251 e. The minimum absolute atomic E-state index is 0.182. The van der Waals surface area contributed by atoms with Crippen LogP contribution in [0.2, 0.25) is 0 Å². The van der Waals surface area contributed by atoms with Crippen LogP contribution in [0, 0.1) is 0 Å². The summed E-state index contributed by atoms with van der Waals surface area (Å²) in [6.45, 7) is 1.73. The molecule has 0 amide bonds. The van der Waals surface area contributed by atoms with Crippen LogP contribution in [0.25, 0.3) is 0 Å². The second-order valence-electron chi connectivity index (χ2n) is 11.4. The molecule has 5 aromatic carbocycles. The lowest BCUT2D eigenvalue weighted by Gasteiger charge is -2.46. The van der Waals surface area contributed by atoms with E-state index in [0.717, 1.165) is 22.3 Å². The summed E-state index contributed by atoms with van der Waals surface area (Å²) < 4.78 is 41.9. The van der Waals surface area contributed by atoms with Crippen LogP contribution in [0.3, 0.4) is 0 Å². The van der Waals surface area contributed by atoms with Crippen molar-refractivity contribution in [3.63, 3.8) is 0 Å². The van der Waals surface area contributed by atoms with Gasteiger partial charge in [0.1, 0.15) is 24.1 Å². The smallest absolute Gasteiger partial charge is 0.251 e. The van der Waals surface area contributed by atoms with Gasteiger partial charge in [0.05, 0.1) is 26.4 Å². The van der Waals surface area contributed by atoms with E-state index in [0.29, 0.717) is 31.7 Å². The molecule has 0 bridgehead atoms. The second-order valence-corrected chi connectivity index (χ2v) is 13.9. The van der Waals surface area contributed by atoms with Gasteiger partial charge in [-0.15, -0.1) is 0 Å². The predicted molar refractivity (Wildman–Crippen MR) is 182 cm³/mol. The zero-order valence-electron chi connectivity index (χ0n) is 25.8. The third kappa shape index (κ3) is 8.28. The van der Waals surface area contributed by atoms with Gasteiger partial charge < -0.3 is 18.7 Å². The Labute approximate surface area is 271 Å². The summed E-state index contributed by atoms with van der Waals surface area (Å²) in [7, 11) is -3.59. The van der Waals surface area contributed by atoms with Gasteiger partial charge in [0, 0.05) is 11.8 Å². The summed E-state index contributed by atoms with van der Waals surface area (Å²) >= 11 is 0. The molecule has 1 aliphatic heterocycles. The summed E-state index contributed by atoms with van der Waals surface area (Å²) in [6.07, 6.45) is -1.87. The molecular weight excluding hydrogens is 593 g/mol. The fourth-order valence-corrected chi connectivity index (χ4v) is 8.46. The number of hydrogen-bond donors (Lipinski definition) is 1. The van der Waals surface area contributed by atoms with Crippen LogP contribution in [-0.4, -0.2) is 30.7 Å². The van der Waals surface area contributed by atoms with E-state index < -0.39 is 31.5 Å². The van der Waals surface area contributed by atoms with Crippen LogP contribution in [0.1, 0.15) is 22.3 Å². The highest BCUT2D eigenvalue weighted by atomic mass is 31.2. The molecule has 7 heteroatoms. The van der Waals surface area contributed by atoms with Crippen LogP contribution in [0.4, 0.5) is 0 Å². The van der Waals surface area contributed by atoms with E-state index in [9.17, 15) is 0 Å². The molecule has 1 heterocycles. The highest BCUT2D eigenvalue weighted by Gasteiger charge is 2.54. The zero-order chi connectivity index (χ0) is 31.4. The Bertz CT molecular complexity index is 1640. The number of nitrogens with one attached hydrogen (secondary N) is 1. The lowest BCUT2D eigenvalue weighted by molar-refractivity contribution is -0.156. The molecule has 5 atom stereocenters. The molecule has 0 radical (unpaired) electrons. The highest BCUT2D eigenvalue weighted by Crippen LogP contribution is 2.57. The molecule has 6 nitrogen and oxygen atoms in total. The maximum absolute atomic E-state index is 15.4. The van der Waals surface area contributed by atoms with Gasteiger partial charge in [0.25, 0.3) is 7.37 Å². The molecule has 0 saturated carbocycles. The molecule has 0 spiro atoms. The van der Waals surface area contributed by atoms with Gasteiger partial charge in [-0.25, -0.2) is 0 Å². The van der Waals surface area contributed by atoms with Crippen molar-refractivity contribution in [3.8, 4) is 0 Å². The molecule has 1 N–H and O–H groups in total. The third-order valence-corrected chi connectivity index (χ3v) is 10.9. The molecule has 0 aliphatic carbocycles. The van der Waals surface area contributed by atoms with Crippen molar-refractivity contribution in [2.75, 3.05) is 6.61 Å². The van der Waals surface area contributed by atoms with Crippen LogP contribution in [-0.2, 0) is 49.7 Å². The van der Waals surface area contributed by atoms with E-state index in [1.165, 1.54) is 0 Å². The minimum Gasteiger partial charge on any atom is -0.374 e. The van der Waals surface area contributed by atoms with Crippen molar-refractivity contribution in [2.45, 2.75) is 50.5 Å². The van der Waals surface area contributed by atoms with Gasteiger partial charge in [-0.2, -0.15) is 0 Å². The van der Waals surface area contributed by atoms with E-state index in [2.05, 4.69) is 5.32 Å². The lowest BCUT2D eigenvalue weighted by atomic mass is 10.1. The Hall–Kier alpha value is -3.87. The summed E-state index contributed by atoms with van der Waals surface area (Å²) in [6, 6.07) is 49.6. The average molecular weight is 634 g/mol. The van der Waals surface area contributed by atoms with E-state index in [1.54, 1.807) is 0 Å². The number of ether oxygens (including phenoxy) is 3. The maximum atomic E-state index is 15.4. The number of hydrogen-bond acceptors (Lipinski definition) is 6. The Balaban J connectivity index is 1.36. The largest absolute Gasteiger partial charge is 0.374 e. The first-order valence-electron chi connectivity index (χ1n) is 15.7. The van der Waals surface area contributed by atoms with Crippen molar-refractivity contribution < 1.29 is 23.3 Å². The zero-order valence-corrected chi connectivity index (χ0v) is 26.7. The van der Waals surface area contributed by atoms with E-state index in [1.807, 2.05) is 152 Å². The summed E-state index contributed by atoms with van der Waals surface area (Å²) in [5, 5.41) is 4.24. The summed E-state index contributed by atoms with van der Waals surface area (Å²) in [5.74, 6) is -0.690. The fraction of sp³-hybridized carbons (Fsp3) is 0.231. The van der Waals surface area contributed by atoms with Gasteiger partial charge in [-0.3, -0.25) is 9.88 Å². The fourth-order valence-electron chi connectivity index (χ4n) is 5.74. The standard InChI is InChI=1S/C39H40NO5P/c41-46(35-24-14-5-15-25-35)39(40-26-31-16-6-1-7-17-31)38(44-29-34-22-12-4-13-23-34)37(43-28-33-20-10-3-11-21-33)36(45-46)30-42-27-32-18-8-2-9-19-32/h1-25,36-40H,26-30H2/t36-,37-,38+,39+,46+/m1/s1. The first kappa shape index (κ1) is 32.1. The van der Waals surface area contributed by atoms with E-state index in [-0.39, 0.29) is 6.61 Å². The summed E-state index contributed by atoms with van der Waals surface area (Å²) in [5.41, 5.74) is 4.16. The number of benzene rings is 5. The van der Waals surface area contributed by atoms with Gasteiger partial charge in [0.15, 0.2) is 0 Å². The molecular formula is C39H40NO5P. The molecule has 1 fully saturated rings. The van der Waals surface area contributed by atoms with Gasteiger partial charge in [0.2, 0.25) is 0 Å². The first-order valence-corrected chi connectivity index (χ1v) is 17.4. The molecule has 5 aromatic rings. The van der Waals surface area contributed by atoms with Crippen molar-refractivity contribution in [3.05, 3.63) is 174 Å². The molecule has 6 rings (SSSR count). The van der Waals surface area contributed by atoms with Crippen LogP contribution >= 0.6 is 7.37 Å². The quantitative estimate of drug-likeness (QED) is 0.128. The number of rotatable bonds is 14. The SMILES string of the molecule is O=[P@@]1(c2ccccc2)O[C@H](COCc2ccccc2)[C@@H](OCc2ccccc2)[C@H](OCc2ccccc2)[C@H]1NCc1ccccc1.